The van der Waals surface area contributed by atoms with E-state index < -0.39 is 0 Å². The van der Waals surface area contributed by atoms with E-state index in [0.29, 0.717) is 18.1 Å². The Morgan fingerprint density at radius 3 is 2.88 bits per heavy atom. The number of nitrogens with zero attached hydrogens (tertiary/aromatic N) is 3. The largest absolute Gasteiger partial charge is 0.349 e. The minimum atomic E-state index is 0.0150. The predicted molar refractivity (Wildman–Crippen MR) is 100 cm³/mol. The molecule has 3 heterocycles. The number of likely N-dealkylation sites (tertiary alicyclic amines) is 1. The van der Waals surface area contributed by atoms with Crippen LogP contribution in [0, 0.1) is 11.8 Å². The van der Waals surface area contributed by atoms with Gasteiger partial charge in [-0.1, -0.05) is 37.3 Å². The monoisotopic (exact) mass is 349 g/mol. The third kappa shape index (κ3) is 3.60. The van der Waals surface area contributed by atoms with Crippen molar-refractivity contribution in [3.8, 4) is 0 Å². The average molecular weight is 349 g/mol. The molecule has 3 aromatic rings. The highest BCUT2D eigenvalue weighted by atomic mass is 16.2. The van der Waals surface area contributed by atoms with E-state index in [4.69, 9.17) is 0 Å². The lowest BCUT2D eigenvalue weighted by molar-refractivity contribution is -0.125. The fourth-order valence-electron chi connectivity index (χ4n) is 3.66. The fraction of sp³-hybridized carbons (Fsp3) is 0.350. The van der Waals surface area contributed by atoms with Gasteiger partial charge >= 0.3 is 0 Å². The fourth-order valence-corrected chi connectivity index (χ4v) is 3.66. The van der Waals surface area contributed by atoms with E-state index in [0.717, 1.165) is 31.0 Å². The summed E-state index contributed by atoms with van der Waals surface area (Å²) in [5.41, 5.74) is 2.86. The maximum atomic E-state index is 12.6. The summed E-state index contributed by atoms with van der Waals surface area (Å²) in [6.07, 6.45) is 1.72. The van der Waals surface area contributed by atoms with Crippen molar-refractivity contribution in [2.24, 2.45) is 11.8 Å². The molecule has 1 aliphatic heterocycles. The molecular formula is C20H23N5O. The molecule has 6 heteroatoms. The second-order valence-electron chi connectivity index (χ2n) is 7.04. The number of aromatic nitrogens is 3. The van der Waals surface area contributed by atoms with Crippen LogP contribution in [0.3, 0.4) is 0 Å². The minimum Gasteiger partial charge on any atom is -0.349 e. The van der Waals surface area contributed by atoms with Gasteiger partial charge in [0.1, 0.15) is 5.82 Å². The van der Waals surface area contributed by atoms with Gasteiger partial charge < -0.3 is 10.3 Å². The van der Waals surface area contributed by atoms with Gasteiger partial charge in [0, 0.05) is 25.8 Å². The number of benzene rings is 1. The van der Waals surface area contributed by atoms with Crippen LogP contribution >= 0.6 is 0 Å². The number of rotatable bonds is 5. The number of nitrogens with one attached hydrogen (secondary N) is 2. The Morgan fingerprint density at radius 1 is 1.23 bits per heavy atom. The van der Waals surface area contributed by atoms with Gasteiger partial charge in [-0.05, 0) is 23.6 Å². The number of amides is 1. The molecule has 1 fully saturated rings. The van der Waals surface area contributed by atoms with Crippen LogP contribution < -0.4 is 5.32 Å². The lowest BCUT2D eigenvalue weighted by Crippen LogP contribution is -2.34. The van der Waals surface area contributed by atoms with Gasteiger partial charge in [0.15, 0.2) is 5.65 Å². The zero-order valence-corrected chi connectivity index (χ0v) is 14.9. The van der Waals surface area contributed by atoms with E-state index in [2.05, 4.69) is 56.4 Å². The quantitative estimate of drug-likeness (QED) is 0.741. The highest BCUT2D eigenvalue weighted by molar-refractivity contribution is 5.79. The van der Waals surface area contributed by atoms with Crippen LogP contribution in [0.5, 0.6) is 0 Å². The van der Waals surface area contributed by atoms with Gasteiger partial charge in [0.05, 0.1) is 18.0 Å². The molecule has 1 amide bonds. The van der Waals surface area contributed by atoms with Crippen molar-refractivity contribution < 1.29 is 4.79 Å². The van der Waals surface area contributed by atoms with Crippen molar-refractivity contribution in [2.45, 2.75) is 20.0 Å². The Morgan fingerprint density at radius 2 is 2.08 bits per heavy atom. The average Bonchev–Trinajstić information content (AvgIpc) is 3.23. The number of fused-ring (bicyclic) bond motifs is 1. The molecule has 6 nitrogen and oxygen atoms in total. The van der Waals surface area contributed by atoms with Crippen LogP contribution in [0.2, 0.25) is 0 Å². The van der Waals surface area contributed by atoms with Gasteiger partial charge in [-0.25, -0.2) is 9.97 Å². The Balaban J connectivity index is 1.34. The third-order valence-corrected chi connectivity index (χ3v) is 5.01. The number of imidazole rings is 1. The number of hydrogen-bond acceptors (Lipinski definition) is 4. The van der Waals surface area contributed by atoms with Crippen LogP contribution in [0.25, 0.3) is 11.2 Å². The zero-order valence-electron chi connectivity index (χ0n) is 14.9. The minimum absolute atomic E-state index is 0.0150. The number of aromatic amines is 1. The second kappa shape index (κ2) is 7.25. The first-order valence-corrected chi connectivity index (χ1v) is 9.02. The van der Waals surface area contributed by atoms with Gasteiger partial charge in [-0.2, -0.15) is 0 Å². The maximum absolute atomic E-state index is 12.6. The Hall–Kier alpha value is -2.73. The molecule has 0 aliphatic carbocycles. The molecule has 1 aliphatic rings. The molecule has 2 aromatic heterocycles. The van der Waals surface area contributed by atoms with Gasteiger partial charge in [0.2, 0.25) is 5.91 Å². The van der Waals surface area contributed by atoms with Crippen molar-refractivity contribution in [1.82, 2.24) is 25.2 Å². The molecule has 0 unspecified atom stereocenters. The van der Waals surface area contributed by atoms with E-state index in [1.807, 2.05) is 18.2 Å². The van der Waals surface area contributed by atoms with Gasteiger partial charge in [0.25, 0.3) is 0 Å². The number of carbonyl (C=O) groups is 1. The van der Waals surface area contributed by atoms with E-state index in [9.17, 15) is 4.79 Å². The van der Waals surface area contributed by atoms with Crippen LogP contribution in [0.1, 0.15) is 18.3 Å². The first-order chi connectivity index (χ1) is 12.7. The summed E-state index contributed by atoms with van der Waals surface area (Å²) in [4.78, 5) is 26.8. The van der Waals surface area contributed by atoms with E-state index >= 15 is 0 Å². The smallest absolute Gasteiger partial charge is 0.225 e. The number of hydrogen-bond donors (Lipinski definition) is 2. The molecular weight excluding hydrogens is 326 g/mol. The second-order valence-corrected chi connectivity index (χ2v) is 7.04. The van der Waals surface area contributed by atoms with Crippen molar-refractivity contribution in [2.75, 3.05) is 13.1 Å². The molecule has 1 aromatic carbocycles. The highest BCUT2D eigenvalue weighted by Gasteiger charge is 2.34. The molecule has 134 valence electrons. The number of pyridine rings is 1. The van der Waals surface area contributed by atoms with Crippen LogP contribution in [0.15, 0.2) is 48.7 Å². The molecule has 0 radical (unpaired) electrons. The van der Waals surface area contributed by atoms with E-state index in [-0.39, 0.29) is 11.8 Å². The molecule has 0 saturated carbocycles. The molecule has 0 spiro atoms. The highest BCUT2D eigenvalue weighted by Crippen LogP contribution is 2.24. The Labute approximate surface area is 152 Å². The number of carbonyl (C=O) groups excluding carboxylic acids is 1. The van der Waals surface area contributed by atoms with Crippen molar-refractivity contribution >= 4 is 17.1 Å². The Bertz CT molecular complexity index is 858. The maximum Gasteiger partial charge on any atom is 0.225 e. The zero-order chi connectivity index (χ0) is 17.9. The molecule has 4 rings (SSSR count). The predicted octanol–water partition coefficient (Wildman–Crippen LogP) is 2.34. The summed E-state index contributed by atoms with van der Waals surface area (Å²) in [5, 5.41) is 3.03. The van der Waals surface area contributed by atoms with Crippen molar-refractivity contribution in [3.63, 3.8) is 0 Å². The van der Waals surface area contributed by atoms with Crippen molar-refractivity contribution in [3.05, 3.63) is 60.0 Å². The van der Waals surface area contributed by atoms with E-state index in [1.54, 1.807) is 6.20 Å². The Kier molecular flexibility index (Phi) is 4.67. The normalized spacial score (nSPS) is 20.5. The lowest BCUT2D eigenvalue weighted by Gasteiger charge is -2.15. The SMILES string of the molecule is C[C@@H]1CN(Cc2ccccc2)C[C@H]1C(=O)NCc1nc2ncccc2[nH]1. The summed E-state index contributed by atoms with van der Waals surface area (Å²) < 4.78 is 0. The summed E-state index contributed by atoms with van der Waals surface area (Å²) in [6, 6.07) is 14.2. The van der Waals surface area contributed by atoms with Gasteiger partial charge in [-0.15, -0.1) is 0 Å². The summed E-state index contributed by atoms with van der Waals surface area (Å²) >= 11 is 0. The third-order valence-electron chi connectivity index (χ3n) is 5.01. The molecule has 0 bridgehead atoms. The summed E-state index contributed by atoms with van der Waals surface area (Å²) in [5.74, 6) is 1.19. The van der Waals surface area contributed by atoms with Crippen LogP contribution in [-0.2, 0) is 17.9 Å². The molecule has 26 heavy (non-hydrogen) atoms. The first-order valence-electron chi connectivity index (χ1n) is 9.02. The molecule has 1 saturated heterocycles. The van der Waals surface area contributed by atoms with E-state index in [1.165, 1.54) is 5.56 Å². The first kappa shape index (κ1) is 16.7. The molecule has 2 N–H and O–H groups in total. The summed E-state index contributed by atoms with van der Waals surface area (Å²) in [6.45, 7) is 5.19. The molecule has 2 atom stereocenters. The summed E-state index contributed by atoms with van der Waals surface area (Å²) in [7, 11) is 0. The van der Waals surface area contributed by atoms with Crippen LogP contribution in [0.4, 0.5) is 0 Å². The van der Waals surface area contributed by atoms with Crippen molar-refractivity contribution in [1.29, 1.82) is 0 Å². The van der Waals surface area contributed by atoms with Gasteiger partial charge in [-0.3, -0.25) is 9.69 Å². The standard InChI is InChI=1S/C20H23N5O/c1-14-11-25(12-15-6-3-2-4-7-15)13-16(14)20(26)22-10-18-23-17-8-5-9-21-19(17)24-18/h2-9,14,16H,10-13H2,1H3,(H,22,26)(H,21,23,24)/t14-,16-/m1/s1. The van der Waals surface area contributed by atoms with Crippen LogP contribution in [-0.4, -0.2) is 38.8 Å². The lowest BCUT2D eigenvalue weighted by atomic mass is 9.97. The number of H-pyrrole nitrogens is 1. The topological polar surface area (TPSA) is 73.9 Å².